The number of carbonyl (C=O) groups is 2. The first-order valence-electron chi connectivity index (χ1n) is 7.31. The fourth-order valence-corrected chi connectivity index (χ4v) is 3.56. The predicted octanol–water partition coefficient (Wildman–Crippen LogP) is 5.23. The molecule has 1 fully saturated rings. The minimum Gasteiger partial charge on any atom is -0.369 e. The van der Waals surface area contributed by atoms with Crippen LogP contribution in [0.25, 0.3) is 0 Å². The number of primary amides is 1. The van der Waals surface area contributed by atoms with Gasteiger partial charge in [0, 0.05) is 10.0 Å². The molecule has 1 aliphatic rings. The highest BCUT2D eigenvalue weighted by Gasteiger charge is 2.57. The van der Waals surface area contributed by atoms with Crippen molar-refractivity contribution in [2.24, 2.45) is 11.1 Å². The molecule has 0 aromatic heterocycles. The summed E-state index contributed by atoms with van der Waals surface area (Å²) >= 11 is 24.5. The number of nitrogens with zero attached hydrogens (tertiary/aromatic N) is 1. The first-order chi connectivity index (χ1) is 11.8. The van der Waals surface area contributed by atoms with Crippen LogP contribution in [0.15, 0.2) is 36.4 Å². The molecule has 1 saturated carbocycles. The van der Waals surface area contributed by atoms with Crippen LogP contribution >= 0.6 is 46.4 Å². The van der Waals surface area contributed by atoms with Crippen molar-refractivity contribution < 1.29 is 9.59 Å². The summed E-state index contributed by atoms with van der Waals surface area (Å²) in [7, 11) is 0. The highest BCUT2D eigenvalue weighted by atomic mass is 35.5. The Bertz CT molecular complexity index is 829. The highest BCUT2D eigenvalue weighted by molar-refractivity contribution is 6.39. The summed E-state index contributed by atoms with van der Waals surface area (Å²) in [5.41, 5.74) is 4.92. The molecular weight excluding hydrogens is 406 g/mol. The molecule has 25 heavy (non-hydrogen) atoms. The number of hydrogen-bond acceptors (Lipinski definition) is 2. The maximum atomic E-state index is 13.2. The highest BCUT2D eigenvalue weighted by Crippen LogP contribution is 2.50. The summed E-state index contributed by atoms with van der Waals surface area (Å²) in [6, 6.07) is 9.38. The van der Waals surface area contributed by atoms with Crippen molar-refractivity contribution in [3.63, 3.8) is 0 Å². The number of rotatable bonds is 4. The molecule has 0 aliphatic heterocycles. The van der Waals surface area contributed by atoms with E-state index in [1.807, 2.05) is 0 Å². The molecule has 0 saturated heterocycles. The van der Waals surface area contributed by atoms with Crippen molar-refractivity contribution in [2.75, 3.05) is 4.90 Å². The summed E-state index contributed by atoms with van der Waals surface area (Å²) in [6.45, 7) is 0. The van der Waals surface area contributed by atoms with E-state index >= 15 is 0 Å². The molecule has 0 unspecified atom stereocenters. The van der Waals surface area contributed by atoms with Gasteiger partial charge in [0.1, 0.15) is 5.41 Å². The summed E-state index contributed by atoms with van der Waals surface area (Å²) < 4.78 is 0. The maximum Gasteiger partial charge on any atom is 0.247 e. The molecule has 0 bridgehead atoms. The molecule has 2 N–H and O–H groups in total. The van der Waals surface area contributed by atoms with Crippen molar-refractivity contribution in [3.8, 4) is 0 Å². The van der Waals surface area contributed by atoms with Crippen LogP contribution in [0, 0.1) is 5.41 Å². The summed E-state index contributed by atoms with van der Waals surface area (Å²) in [4.78, 5) is 26.3. The van der Waals surface area contributed by atoms with Gasteiger partial charge in [-0.25, -0.2) is 0 Å². The zero-order valence-electron chi connectivity index (χ0n) is 12.7. The average Bonchev–Trinajstić information content (AvgIpc) is 3.33. The number of amides is 2. The second-order valence-corrected chi connectivity index (χ2v) is 7.47. The Labute approximate surface area is 164 Å². The summed E-state index contributed by atoms with van der Waals surface area (Å²) in [5.74, 6) is -1.15. The molecule has 8 heteroatoms. The van der Waals surface area contributed by atoms with E-state index in [-0.39, 0.29) is 10.0 Å². The zero-order valence-corrected chi connectivity index (χ0v) is 15.8. The third-order valence-corrected chi connectivity index (χ3v) is 5.21. The van der Waals surface area contributed by atoms with Gasteiger partial charge in [0.05, 0.1) is 21.4 Å². The molecule has 2 amide bonds. The van der Waals surface area contributed by atoms with Crippen LogP contribution in [0.3, 0.4) is 0 Å². The van der Waals surface area contributed by atoms with Crippen molar-refractivity contribution in [1.29, 1.82) is 0 Å². The standard InChI is InChI=1S/C17H12Cl4N2O2/c18-9-1-3-13(11(20)7-9)23(14-4-2-10(19)8-12(14)21)16(25)17(5-6-17)15(22)24/h1-4,7-8H,5-6H2,(H2,22,24). The Balaban J connectivity index is 2.18. The molecule has 2 aromatic carbocycles. The average molecular weight is 418 g/mol. The monoisotopic (exact) mass is 416 g/mol. The van der Waals surface area contributed by atoms with Crippen LogP contribution in [0.5, 0.6) is 0 Å². The van der Waals surface area contributed by atoms with E-state index < -0.39 is 17.2 Å². The lowest BCUT2D eigenvalue weighted by atomic mass is 10.0. The SMILES string of the molecule is NC(=O)C1(C(=O)N(c2ccc(Cl)cc2Cl)c2ccc(Cl)cc2Cl)CC1. The van der Waals surface area contributed by atoms with E-state index in [1.54, 1.807) is 24.3 Å². The second kappa shape index (κ2) is 6.69. The van der Waals surface area contributed by atoms with Crippen LogP contribution in [-0.2, 0) is 9.59 Å². The van der Waals surface area contributed by atoms with Crippen molar-refractivity contribution >= 4 is 69.6 Å². The topological polar surface area (TPSA) is 63.4 Å². The number of nitrogens with two attached hydrogens (primary N) is 1. The Morgan fingerprint density at radius 1 is 0.880 bits per heavy atom. The Morgan fingerprint density at radius 2 is 1.32 bits per heavy atom. The lowest BCUT2D eigenvalue weighted by molar-refractivity contribution is -0.133. The van der Waals surface area contributed by atoms with Gasteiger partial charge in [-0.2, -0.15) is 0 Å². The van der Waals surface area contributed by atoms with Gasteiger partial charge in [0.15, 0.2) is 0 Å². The van der Waals surface area contributed by atoms with Gasteiger partial charge in [-0.1, -0.05) is 46.4 Å². The van der Waals surface area contributed by atoms with Gasteiger partial charge in [-0.15, -0.1) is 0 Å². The third kappa shape index (κ3) is 3.32. The fraction of sp³-hybridized carbons (Fsp3) is 0.176. The molecule has 130 valence electrons. The van der Waals surface area contributed by atoms with E-state index in [0.717, 1.165) is 0 Å². The van der Waals surface area contributed by atoms with E-state index in [0.29, 0.717) is 34.3 Å². The van der Waals surface area contributed by atoms with Crippen LogP contribution in [0.4, 0.5) is 11.4 Å². The Morgan fingerprint density at radius 3 is 1.64 bits per heavy atom. The molecule has 1 aliphatic carbocycles. The Kier molecular flexibility index (Phi) is 4.91. The van der Waals surface area contributed by atoms with Crippen LogP contribution in [0.1, 0.15) is 12.8 Å². The fourth-order valence-electron chi connectivity index (χ4n) is 2.58. The molecule has 0 spiro atoms. The van der Waals surface area contributed by atoms with Gasteiger partial charge in [0.25, 0.3) is 0 Å². The minimum absolute atomic E-state index is 0.243. The minimum atomic E-state index is -1.24. The third-order valence-electron chi connectivity index (χ3n) is 4.14. The number of anilines is 2. The molecule has 0 atom stereocenters. The molecular formula is C17H12Cl4N2O2. The summed E-state index contributed by atoms with van der Waals surface area (Å²) in [5, 5.41) is 1.32. The van der Waals surface area contributed by atoms with Crippen molar-refractivity contribution in [1.82, 2.24) is 0 Å². The second-order valence-electron chi connectivity index (χ2n) is 5.78. The number of halogens is 4. The van der Waals surface area contributed by atoms with Gasteiger partial charge in [0.2, 0.25) is 11.8 Å². The zero-order chi connectivity index (χ0) is 18.4. The van der Waals surface area contributed by atoms with Gasteiger partial charge < -0.3 is 5.73 Å². The lowest BCUT2D eigenvalue weighted by Crippen LogP contribution is -2.41. The molecule has 0 radical (unpaired) electrons. The predicted molar refractivity (Wildman–Crippen MR) is 101 cm³/mol. The number of hydrogen-bond donors (Lipinski definition) is 1. The summed E-state index contributed by atoms with van der Waals surface area (Å²) in [6.07, 6.45) is 0.766. The smallest absolute Gasteiger partial charge is 0.247 e. The largest absolute Gasteiger partial charge is 0.369 e. The van der Waals surface area contributed by atoms with Crippen molar-refractivity contribution in [2.45, 2.75) is 12.8 Å². The quantitative estimate of drug-likeness (QED) is 0.692. The molecule has 0 heterocycles. The van der Waals surface area contributed by atoms with Gasteiger partial charge in [-0.05, 0) is 49.2 Å². The van der Waals surface area contributed by atoms with E-state index in [9.17, 15) is 9.59 Å². The number of benzene rings is 2. The Hall–Kier alpha value is -1.46. The number of carbonyl (C=O) groups excluding carboxylic acids is 2. The lowest BCUT2D eigenvalue weighted by Gasteiger charge is -2.28. The van der Waals surface area contributed by atoms with E-state index in [2.05, 4.69) is 0 Å². The van der Waals surface area contributed by atoms with Crippen LogP contribution in [-0.4, -0.2) is 11.8 Å². The van der Waals surface area contributed by atoms with Crippen LogP contribution in [0.2, 0.25) is 20.1 Å². The van der Waals surface area contributed by atoms with Crippen LogP contribution < -0.4 is 10.6 Å². The van der Waals surface area contributed by atoms with Gasteiger partial charge in [-0.3, -0.25) is 14.5 Å². The van der Waals surface area contributed by atoms with Crippen molar-refractivity contribution in [3.05, 3.63) is 56.5 Å². The molecule has 4 nitrogen and oxygen atoms in total. The molecule has 2 aromatic rings. The normalized spacial score (nSPS) is 14.9. The van der Waals surface area contributed by atoms with Gasteiger partial charge >= 0.3 is 0 Å². The maximum absolute atomic E-state index is 13.2. The molecule has 3 rings (SSSR count). The first kappa shape index (κ1) is 18.3. The van der Waals surface area contributed by atoms with E-state index in [4.69, 9.17) is 52.1 Å². The van der Waals surface area contributed by atoms with E-state index in [1.165, 1.54) is 17.0 Å². The first-order valence-corrected chi connectivity index (χ1v) is 8.82.